The van der Waals surface area contributed by atoms with Gasteiger partial charge >= 0.3 is 6.18 Å². The summed E-state index contributed by atoms with van der Waals surface area (Å²) in [6.07, 6.45) is -4.66. The van der Waals surface area contributed by atoms with Crippen molar-refractivity contribution in [3.8, 4) is 0 Å². The van der Waals surface area contributed by atoms with E-state index in [9.17, 15) is 31.5 Å². The number of rotatable bonds is 3. The summed E-state index contributed by atoms with van der Waals surface area (Å²) in [6, 6.07) is 3.91. The Morgan fingerprint density at radius 1 is 1.25 bits per heavy atom. The molecule has 1 aliphatic rings. The summed E-state index contributed by atoms with van der Waals surface area (Å²) in [5, 5.41) is 5.94. The van der Waals surface area contributed by atoms with Gasteiger partial charge in [0.25, 0.3) is 0 Å². The van der Waals surface area contributed by atoms with E-state index in [0.29, 0.717) is 4.68 Å². The van der Waals surface area contributed by atoms with Crippen molar-refractivity contribution in [2.45, 2.75) is 12.1 Å². The summed E-state index contributed by atoms with van der Waals surface area (Å²) >= 11 is 0. The van der Waals surface area contributed by atoms with Gasteiger partial charge in [-0.3, -0.25) is 14.3 Å². The molecule has 1 aliphatic heterocycles. The van der Waals surface area contributed by atoms with Crippen molar-refractivity contribution in [3.05, 3.63) is 47.3 Å². The number of hydrogen-bond acceptors (Lipinski definition) is 3. The monoisotopic (exact) mass is 402 g/mol. The maximum atomic E-state index is 13.8. The van der Waals surface area contributed by atoms with Crippen molar-refractivity contribution in [1.82, 2.24) is 14.7 Å². The Labute approximate surface area is 155 Å². The molecule has 2 amide bonds. The molecular formula is C17H15F5N4O2. The minimum Gasteiger partial charge on any atom is -0.344 e. The average Bonchev–Trinajstić information content (AvgIpc) is 3.12. The summed E-state index contributed by atoms with van der Waals surface area (Å²) in [4.78, 5) is 26.2. The largest absolute Gasteiger partial charge is 0.433 e. The van der Waals surface area contributed by atoms with Gasteiger partial charge < -0.3 is 10.2 Å². The quantitative estimate of drug-likeness (QED) is 0.634. The van der Waals surface area contributed by atoms with Gasteiger partial charge in [0, 0.05) is 26.6 Å². The van der Waals surface area contributed by atoms with E-state index in [1.165, 1.54) is 18.0 Å². The third kappa shape index (κ3) is 3.43. The molecule has 0 bridgehead atoms. The first-order valence-electron chi connectivity index (χ1n) is 8.11. The molecule has 2 atom stereocenters. The van der Waals surface area contributed by atoms with Crippen LogP contribution in [0.15, 0.2) is 24.3 Å². The average molecular weight is 402 g/mol. The molecule has 1 aromatic carbocycles. The number of nitrogens with zero attached hydrogens (tertiary/aromatic N) is 3. The van der Waals surface area contributed by atoms with Crippen molar-refractivity contribution in [2.75, 3.05) is 18.9 Å². The van der Waals surface area contributed by atoms with E-state index in [-0.39, 0.29) is 12.2 Å². The smallest absolute Gasteiger partial charge is 0.344 e. The van der Waals surface area contributed by atoms with Crippen LogP contribution in [0.3, 0.4) is 0 Å². The second kappa shape index (κ2) is 6.88. The van der Waals surface area contributed by atoms with Crippen LogP contribution in [0.2, 0.25) is 0 Å². The second-order valence-corrected chi connectivity index (χ2v) is 6.47. The Balaban J connectivity index is 1.93. The summed E-state index contributed by atoms with van der Waals surface area (Å²) < 4.78 is 66.9. The predicted molar refractivity (Wildman–Crippen MR) is 87.1 cm³/mol. The van der Waals surface area contributed by atoms with Gasteiger partial charge in [-0.1, -0.05) is 6.07 Å². The first-order valence-corrected chi connectivity index (χ1v) is 8.11. The van der Waals surface area contributed by atoms with Gasteiger partial charge in [0.05, 0.1) is 11.4 Å². The second-order valence-electron chi connectivity index (χ2n) is 6.47. The lowest BCUT2D eigenvalue weighted by Gasteiger charge is -2.15. The molecule has 150 valence electrons. The molecule has 0 radical (unpaired) electrons. The Bertz CT molecular complexity index is 940. The Hall–Kier alpha value is -2.98. The topological polar surface area (TPSA) is 67.2 Å². The van der Waals surface area contributed by atoms with E-state index in [1.807, 2.05) is 0 Å². The van der Waals surface area contributed by atoms with Crippen LogP contribution in [0.1, 0.15) is 17.3 Å². The van der Waals surface area contributed by atoms with Crippen LogP contribution in [0.25, 0.3) is 0 Å². The molecule has 11 heteroatoms. The molecule has 2 aromatic rings. The van der Waals surface area contributed by atoms with Crippen LogP contribution in [0.5, 0.6) is 0 Å². The number of anilines is 1. The number of aryl methyl sites for hydroxylation is 1. The summed E-state index contributed by atoms with van der Waals surface area (Å²) in [5.74, 6) is -6.51. The molecule has 1 aromatic heterocycles. The van der Waals surface area contributed by atoms with Crippen LogP contribution in [0.4, 0.5) is 27.6 Å². The van der Waals surface area contributed by atoms with Crippen LogP contribution < -0.4 is 5.32 Å². The fraction of sp³-hybridized carbons (Fsp3) is 0.353. The van der Waals surface area contributed by atoms with Crippen LogP contribution >= 0.6 is 0 Å². The molecular weight excluding hydrogens is 387 g/mol. The molecule has 3 rings (SSSR count). The fourth-order valence-corrected chi connectivity index (χ4v) is 3.21. The summed E-state index contributed by atoms with van der Waals surface area (Å²) in [5.41, 5.74) is -1.59. The van der Waals surface area contributed by atoms with Crippen LogP contribution in [-0.2, 0) is 22.8 Å². The normalized spacial score (nSPS) is 20.0. The number of carbonyl (C=O) groups is 2. The van der Waals surface area contributed by atoms with E-state index >= 15 is 0 Å². The lowest BCUT2D eigenvalue weighted by molar-refractivity contribution is -0.143. The van der Waals surface area contributed by atoms with E-state index in [0.717, 1.165) is 25.2 Å². The highest BCUT2D eigenvalue weighted by Crippen LogP contribution is 2.37. The molecule has 0 spiro atoms. The first kappa shape index (κ1) is 19.8. The third-order valence-electron chi connectivity index (χ3n) is 4.58. The lowest BCUT2D eigenvalue weighted by Crippen LogP contribution is -2.33. The van der Waals surface area contributed by atoms with Gasteiger partial charge in [0.2, 0.25) is 11.8 Å². The van der Waals surface area contributed by atoms with Gasteiger partial charge in [0.1, 0.15) is 11.6 Å². The SMILES string of the molecule is CN1C[C@@H](c2cc(C(F)(F)F)n(C)n2)[C@H](C(=O)Nc2cccc(F)c2F)C1=O. The highest BCUT2D eigenvalue weighted by molar-refractivity contribution is 6.08. The summed E-state index contributed by atoms with van der Waals surface area (Å²) in [6.45, 7) is -0.0448. The molecule has 2 heterocycles. The number of likely N-dealkylation sites (N-methyl/N-ethyl adjacent to an activating group) is 1. The predicted octanol–water partition coefficient (Wildman–Crippen LogP) is 2.53. The molecule has 28 heavy (non-hydrogen) atoms. The molecule has 6 nitrogen and oxygen atoms in total. The van der Waals surface area contributed by atoms with Crippen LogP contribution in [-0.4, -0.2) is 40.1 Å². The zero-order chi connectivity index (χ0) is 20.8. The van der Waals surface area contributed by atoms with Crippen molar-refractivity contribution in [1.29, 1.82) is 0 Å². The third-order valence-corrected chi connectivity index (χ3v) is 4.58. The Morgan fingerprint density at radius 2 is 1.93 bits per heavy atom. The number of halogens is 5. The fourth-order valence-electron chi connectivity index (χ4n) is 3.21. The van der Waals surface area contributed by atoms with Gasteiger partial charge in [-0.15, -0.1) is 0 Å². The van der Waals surface area contributed by atoms with Gasteiger partial charge in [-0.2, -0.15) is 18.3 Å². The van der Waals surface area contributed by atoms with E-state index in [1.54, 1.807) is 0 Å². The molecule has 0 aliphatic carbocycles. The first-order chi connectivity index (χ1) is 13.0. The standard InChI is InChI=1S/C17H15F5N4O2/c1-25-7-8(11-6-12(17(20,21)22)26(2)24-11)13(16(25)28)15(27)23-10-5-3-4-9(18)14(10)19/h3-6,8,13H,7H2,1-2H3,(H,23,27)/t8-,13+/m0/s1. The maximum Gasteiger partial charge on any atom is 0.433 e. The number of benzene rings is 1. The molecule has 1 N–H and O–H groups in total. The summed E-state index contributed by atoms with van der Waals surface area (Å²) in [7, 11) is 2.49. The van der Waals surface area contributed by atoms with Gasteiger partial charge in [0.15, 0.2) is 11.6 Å². The van der Waals surface area contributed by atoms with Crippen molar-refractivity contribution in [3.63, 3.8) is 0 Å². The zero-order valence-corrected chi connectivity index (χ0v) is 14.7. The number of carbonyl (C=O) groups excluding carboxylic acids is 2. The maximum absolute atomic E-state index is 13.8. The van der Waals surface area contributed by atoms with Gasteiger partial charge in [-0.25, -0.2) is 8.78 Å². The molecule has 1 saturated heterocycles. The zero-order valence-electron chi connectivity index (χ0n) is 14.7. The number of amides is 2. The Kier molecular flexibility index (Phi) is 4.86. The Morgan fingerprint density at radius 3 is 2.54 bits per heavy atom. The number of likely N-dealkylation sites (tertiary alicyclic amines) is 1. The number of hydrogen-bond donors (Lipinski definition) is 1. The number of aromatic nitrogens is 2. The minimum atomic E-state index is -4.66. The minimum absolute atomic E-state index is 0.0448. The van der Waals surface area contributed by atoms with E-state index in [4.69, 9.17) is 0 Å². The van der Waals surface area contributed by atoms with Crippen LogP contribution in [0, 0.1) is 17.6 Å². The highest BCUT2D eigenvalue weighted by atomic mass is 19.4. The number of nitrogens with one attached hydrogen (secondary N) is 1. The lowest BCUT2D eigenvalue weighted by atomic mass is 9.91. The number of alkyl halides is 3. The molecule has 0 saturated carbocycles. The van der Waals surface area contributed by atoms with Gasteiger partial charge in [-0.05, 0) is 18.2 Å². The highest BCUT2D eigenvalue weighted by Gasteiger charge is 2.47. The molecule has 1 fully saturated rings. The van der Waals surface area contributed by atoms with E-state index in [2.05, 4.69) is 10.4 Å². The van der Waals surface area contributed by atoms with E-state index < -0.39 is 52.8 Å². The molecule has 0 unspecified atom stereocenters. The van der Waals surface area contributed by atoms with Crippen molar-refractivity contribution < 1.29 is 31.5 Å². The van der Waals surface area contributed by atoms with Crippen molar-refractivity contribution in [2.24, 2.45) is 13.0 Å². The van der Waals surface area contributed by atoms with Crippen molar-refractivity contribution >= 4 is 17.5 Å².